The second-order valence-electron chi connectivity index (χ2n) is 4.89. The lowest BCUT2D eigenvalue weighted by molar-refractivity contribution is 0.723. The van der Waals surface area contributed by atoms with Gasteiger partial charge in [0.1, 0.15) is 5.01 Å². The number of rotatable bonds is 4. The van der Waals surface area contributed by atoms with Gasteiger partial charge in [-0.05, 0) is 37.1 Å². The lowest BCUT2D eigenvalue weighted by Crippen LogP contribution is -1.96. The Morgan fingerprint density at radius 1 is 1.30 bits per heavy atom. The van der Waals surface area contributed by atoms with Crippen LogP contribution in [0.15, 0.2) is 18.2 Å². The summed E-state index contributed by atoms with van der Waals surface area (Å²) in [5.41, 5.74) is 8.81. The number of aromatic nitrogens is 4. The number of hydrogen-bond acceptors (Lipinski definition) is 5. The van der Waals surface area contributed by atoms with Gasteiger partial charge in [0, 0.05) is 17.7 Å². The van der Waals surface area contributed by atoms with Crippen molar-refractivity contribution in [3.05, 3.63) is 29.6 Å². The van der Waals surface area contributed by atoms with Crippen LogP contribution in [0.4, 0.5) is 5.69 Å². The third-order valence-electron chi connectivity index (χ3n) is 3.33. The van der Waals surface area contributed by atoms with Crippen LogP contribution >= 0.6 is 11.3 Å². The summed E-state index contributed by atoms with van der Waals surface area (Å²) < 4.78 is 1.86. The van der Waals surface area contributed by atoms with Gasteiger partial charge < -0.3 is 5.73 Å². The van der Waals surface area contributed by atoms with Crippen molar-refractivity contribution in [1.29, 1.82) is 0 Å². The van der Waals surface area contributed by atoms with Gasteiger partial charge in [0.2, 0.25) is 4.96 Å². The zero-order valence-electron chi connectivity index (χ0n) is 11.6. The Hall–Kier alpha value is -1.95. The fourth-order valence-corrected chi connectivity index (χ4v) is 2.93. The molecule has 0 aliphatic heterocycles. The van der Waals surface area contributed by atoms with Crippen molar-refractivity contribution in [3.63, 3.8) is 0 Å². The van der Waals surface area contributed by atoms with Crippen LogP contribution in [-0.2, 0) is 6.42 Å². The molecule has 0 saturated heterocycles. The zero-order valence-corrected chi connectivity index (χ0v) is 12.4. The Morgan fingerprint density at radius 2 is 2.15 bits per heavy atom. The maximum absolute atomic E-state index is 5.86. The van der Waals surface area contributed by atoms with Crippen LogP contribution in [0.25, 0.3) is 15.5 Å². The summed E-state index contributed by atoms with van der Waals surface area (Å²) in [6.45, 7) is 4.17. The first-order chi connectivity index (χ1) is 9.69. The maximum Gasteiger partial charge on any atom is 0.234 e. The minimum absolute atomic E-state index is 0.806. The van der Waals surface area contributed by atoms with Crippen LogP contribution in [-0.4, -0.2) is 19.8 Å². The average molecular weight is 287 g/mol. The van der Waals surface area contributed by atoms with Crippen molar-refractivity contribution in [3.8, 4) is 10.6 Å². The van der Waals surface area contributed by atoms with Gasteiger partial charge in [0.05, 0.1) is 0 Å². The van der Waals surface area contributed by atoms with Crippen molar-refractivity contribution >= 4 is 22.0 Å². The van der Waals surface area contributed by atoms with Gasteiger partial charge in [-0.2, -0.15) is 9.61 Å². The monoisotopic (exact) mass is 287 g/mol. The Balaban J connectivity index is 2.00. The van der Waals surface area contributed by atoms with Crippen LogP contribution in [0.3, 0.4) is 0 Å². The lowest BCUT2D eigenvalue weighted by atomic mass is 10.1. The summed E-state index contributed by atoms with van der Waals surface area (Å²) in [6.07, 6.45) is 3.17. The fourth-order valence-electron chi connectivity index (χ4n) is 2.07. The summed E-state index contributed by atoms with van der Waals surface area (Å²) in [5.74, 6) is 0.941. The van der Waals surface area contributed by atoms with E-state index in [1.165, 1.54) is 0 Å². The summed E-state index contributed by atoms with van der Waals surface area (Å²) >= 11 is 1.56. The van der Waals surface area contributed by atoms with E-state index in [9.17, 15) is 0 Å². The zero-order chi connectivity index (χ0) is 14.1. The Morgan fingerprint density at radius 3 is 2.90 bits per heavy atom. The molecule has 0 saturated carbocycles. The second-order valence-corrected chi connectivity index (χ2v) is 5.85. The van der Waals surface area contributed by atoms with Crippen molar-refractivity contribution in [2.24, 2.45) is 0 Å². The number of unbranched alkanes of at least 4 members (excludes halogenated alkanes) is 1. The van der Waals surface area contributed by atoms with Gasteiger partial charge >= 0.3 is 0 Å². The molecule has 6 heteroatoms. The molecule has 2 N–H and O–H groups in total. The number of aryl methyl sites for hydroxylation is 2. The quantitative estimate of drug-likeness (QED) is 0.749. The third kappa shape index (κ3) is 2.27. The molecule has 0 fully saturated rings. The molecule has 0 aliphatic carbocycles. The molecule has 0 amide bonds. The molecule has 3 aromatic rings. The topological polar surface area (TPSA) is 69.1 Å². The van der Waals surface area contributed by atoms with Gasteiger partial charge in [-0.1, -0.05) is 24.7 Å². The molecule has 3 rings (SSSR count). The van der Waals surface area contributed by atoms with E-state index in [0.717, 1.165) is 51.9 Å². The molecule has 1 aromatic carbocycles. The Kier molecular flexibility index (Phi) is 3.40. The predicted octanol–water partition coefficient (Wildman–Crippen LogP) is 3.09. The summed E-state index contributed by atoms with van der Waals surface area (Å²) in [7, 11) is 0. The number of nitrogens with zero attached hydrogens (tertiary/aromatic N) is 4. The van der Waals surface area contributed by atoms with Gasteiger partial charge in [0.15, 0.2) is 5.82 Å². The molecule has 0 unspecified atom stereocenters. The van der Waals surface area contributed by atoms with Crippen LogP contribution < -0.4 is 5.73 Å². The molecule has 2 aromatic heterocycles. The molecule has 0 atom stereocenters. The number of nitrogens with two attached hydrogens (primary N) is 1. The number of hydrogen-bond donors (Lipinski definition) is 1. The minimum atomic E-state index is 0.806. The van der Waals surface area contributed by atoms with E-state index in [0.29, 0.717) is 0 Å². The average Bonchev–Trinajstić information content (AvgIpc) is 3.00. The normalized spacial score (nSPS) is 11.3. The summed E-state index contributed by atoms with van der Waals surface area (Å²) in [6, 6.07) is 5.98. The van der Waals surface area contributed by atoms with Gasteiger partial charge in [-0.3, -0.25) is 0 Å². The highest BCUT2D eigenvalue weighted by Gasteiger charge is 2.12. The van der Waals surface area contributed by atoms with Crippen molar-refractivity contribution in [1.82, 2.24) is 19.8 Å². The van der Waals surface area contributed by atoms with E-state index < -0.39 is 0 Å². The van der Waals surface area contributed by atoms with Crippen LogP contribution in [0.5, 0.6) is 0 Å². The van der Waals surface area contributed by atoms with Gasteiger partial charge in [0.25, 0.3) is 0 Å². The van der Waals surface area contributed by atoms with E-state index >= 15 is 0 Å². The molecule has 0 radical (unpaired) electrons. The molecular weight excluding hydrogens is 270 g/mol. The second kappa shape index (κ2) is 5.20. The smallest absolute Gasteiger partial charge is 0.234 e. The fraction of sp³-hybridized carbons (Fsp3) is 0.357. The van der Waals surface area contributed by atoms with Crippen LogP contribution in [0.2, 0.25) is 0 Å². The molecular formula is C14H17N5S. The van der Waals surface area contributed by atoms with Gasteiger partial charge in [-0.25, -0.2) is 0 Å². The highest BCUT2D eigenvalue weighted by molar-refractivity contribution is 7.19. The Labute approximate surface area is 121 Å². The SMILES string of the molecule is CCCCc1nnc2sc(-c3ccc(N)c(C)c3)nn12. The standard InChI is InChI=1S/C14H17N5S/c1-3-4-5-12-16-17-14-19(12)18-13(20-14)10-6-7-11(15)9(2)8-10/h6-8H,3-5,15H2,1-2H3. The predicted molar refractivity (Wildman–Crippen MR) is 81.9 cm³/mol. The number of anilines is 1. The molecule has 0 bridgehead atoms. The van der Waals surface area contributed by atoms with Crippen molar-refractivity contribution in [2.75, 3.05) is 5.73 Å². The molecule has 104 valence electrons. The first-order valence-electron chi connectivity index (χ1n) is 6.76. The summed E-state index contributed by atoms with van der Waals surface area (Å²) in [5, 5.41) is 14.0. The Bertz CT molecular complexity index is 743. The van der Waals surface area contributed by atoms with E-state index in [-0.39, 0.29) is 0 Å². The third-order valence-corrected chi connectivity index (χ3v) is 4.27. The van der Waals surface area contributed by atoms with Crippen molar-refractivity contribution in [2.45, 2.75) is 33.1 Å². The van der Waals surface area contributed by atoms with Crippen LogP contribution in [0, 0.1) is 6.92 Å². The molecule has 20 heavy (non-hydrogen) atoms. The van der Waals surface area contributed by atoms with Gasteiger partial charge in [-0.15, -0.1) is 10.2 Å². The number of benzene rings is 1. The molecule has 5 nitrogen and oxygen atoms in total. The number of fused-ring (bicyclic) bond motifs is 1. The lowest BCUT2D eigenvalue weighted by Gasteiger charge is -2.01. The molecule has 2 heterocycles. The van der Waals surface area contributed by atoms with E-state index in [1.807, 2.05) is 23.6 Å². The van der Waals surface area contributed by atoms with E-state index in [4.69, 9.17) is 5.73 Å². The number of nitrogen functional groups attached to an aromatic ring is 1. The largest absolute Gasteiger partial charge is 0.399 e. The van der Waals surface area contributed by atoms with E-state index in [1.54, 1.807) is 11.3 Å². The minimum Gasteiger partial charge on any atom is -0.399 e. The van der Waals surface area contributed by atoms with Crippen LogP contribution in [0.1, 0.15) is 31.2 Å². The maximum atomic E-state index is 5.86. The summed E-state index contributed by atoms with van der Waals surface area (Å²) in [4.78, 5) is 0.848. The molecule has 0 spiro atoms. The highest BCUT2D eigenvalue weighted by atomic mass is 32.1. The highest BCUT2D eigenvalue weighted by Crippen LogP contribution is 2.27. The first-order valence-corrected chi connectivity index (χ1v) is 7.58. The van der Waals surface area contributed by atoms with E-state index in [2.05, 4.69) is 28.3 Å². The van der Waals surface area contributed by atoms with Crippen molar-refractivity contribution < 1.29 is 0 Å². The first kappa shape index (κ1) is 13.1. The molecule has 0 aliphatic rings.